The quantitative estimate of drug-likeness (QED) is 0.100. The molecule has 15 heteroatoms. The highest BCUT2D eigenvalue weighted by molar-refractivity contribution is 7.09. The Balaban J connectivity index is 1.47. The zero-order valence-corrected chi connectivity index (χ0v) is 41.4. The summed E-state index contributed by atoms with van der Waals surface area (Å²) < 4.78 is 17.7. The van der Waals surface area contributed by atoms with Crippen LogP contribution in [0.15, 0.2) is 66.2 Å². The zero-order chi connectivity index (χ0) is 48.0. The molecule has 0 saturated carbocycles. The number of hydrogen-bond acceptors (Lipinski definition) is 10. The minimum atomic E-state index is -0.938. The van der Waals surface area contributed by atoms with Gasteiger partial charge in [0.1, 0.15) is 23.7 Å². The normalized spacial score (nSPS) is 17.6. The fraction of sp³-hybridized carbons (Fsp3) is 0.600. The number of nitrogens with one attached hydrogen (secondary N) is 2. The minimum absolute atomic E-state index is 0.0105. The van der Waals surface area contributed by atoms with E-state index in [1.54, 1.807) is 32.4 Å². The number of rotatable bonds is 23. The first-order chi connectivity index (χ1) is 30.9. The van der Waals surface area contributed by atoms with E-state index < -0.39 is 48.3 Å². The highest BCUT2D eigenvalue weighted by atomic mass is 32.1. The summed E-state index contributed by atoms with van der Waals surface area (Å²) in [5.41, 5.74) is 3.00. The molecule has 358 valence electrons. The fourth-order valence-corrected chi connectivity index (χ4v) is 9.70. The number of amides is 5. The van der Waals surface area contributed by atoms with Crippen LogP contribution in [-0.2, 0) is 46.4 Å². The number of aromatic nitrogens is 1. The lowest BCUT2D eigenvalue weighted by atomic mass is 9.89. The van der Waals surface area contributed by atoms with E-state index in [2.05, 4.69) is 15.6 Å². The maximum Gasteiger partial charge on any atom is 0.410 e. The molecule has 14 nitrogen and oxygen atoms in total. The average molecular weight is 919 g/mol. The molecule has 1 aliphatic heterocycles. The Hall–Kier alpha value is -4.86. The third-order valence-electron chi connectivity index (χ3n) is 12.9. The molecule has 65 heavy (non-hydrogen) atoms. The molecule has 1 fully saturated rings. The predicted octanol–water partition coefficient (Wildman–Crippen LogP) is 7.21. The van der Waals surface area contributed by atoms with Gasteiger partial charge in [0.15, 0.2) is 0 Å². The van der Waals surface area contributed by atoms with Crippen molar-refractivity contribution in [2.75, 3.05) is 34.9 Å². The third kappa shape index (κ3) is 14.1. The summed E-state index contributed by atoms with van der Waals surface area (Å²) in [5.74, 6) is -2.43. The van der Waals surface area contributed by atoms with Gasteiger partial charge >= 0.3 is 6.09 Å². The highest BCUT2D eigenvalue weighted by Crippen LogP contribution is 2.31. The van der Waals surface area contributed by atoms with Gasteiger partial charge in [-0.05, 0) is 55.1 Å². The van der Waals surface area contributed by atoms with Crippen molar-refractivity contribution < 1.29 is 38.2 Å². The molecule has 4 rings (SSSR count). The van der Waals surface area contributed by atoms with E-state index in [9.17, 15) is 24.0 Å². The second kappa shape index (κ2) is 25.2. The van der Waals surface area contributed by atoms with Crippen LogP contribution in [0.2, 0.25) is 0 Å². The number of ether oxygens (including phenoxy) is 3. The third-order valence-corrected chi connectivity index (χ3v) is 13.8. The van der Waals surface area contributed by atoms with Gasteiger partial charge in [-0.2, -0.15) is 0 Å². The number of hydrogen-bond donors (Lipinski definition) is 2. The van der Waals surface area contributed by atoms with E-state index in [0.717, 1.165) is 28.1 Å². The molecule has 2 N–H and O–H groups in total. The molecule has 0 bridgehead atoms. The van der Waals surface area contributed by atoms with Gasteiger partial charge in [-0.3, -0.25) is 24.1 Å². The number of likely N-dealkylation sites (N-methyl/N-ethyl adjacent to an activating group) is 2. The Morgan fingerprint density at radius 3 is 2.11 bits per heavy atom. The van der Waals surface area contributed by atoms with Crippen LogP contribution in [0.3, 0.4) is 0 Å². The van der Waals surface area contributed by atoms with Crippen LogP contribution in [0.5, 0.6) is 0 Å². The van der Waals surface area contributed by atoms with E-state index in [1.807, 2.05) is 120 Å². The number of carbonyl (C=O) groups is 5. The van der Waals surface area contributed by atoms with Gasteiger partial charge in [-0.15, -0.1) is 11.3 Å². The summed E-state index contributed by atoms with van der Waals surface area (Å²) in [6.45, 7) is 15.8. The van der Waals surface area contributed by atoms with E-state index >= 15 is 0 Å². The Morgan fingerprint density at radius 2 is 1.54 bits per heavy atom. The molecular weight excluding hydrogens is 845 g/mol. The molecule has 3 aromatic rings. The smallest absolute Gasteiger partial charge is 0.410 e. The molecule has 1 aliphatic rings. The summed E-state index contributed by atoms with van der Waals surface area (Å²) in [6.07, 6.45) is 2.49. The number of thiazole rings is 1. The van der Waals surface area contributed by atoms with Crippen molar-refractivity contribution in [1.82, 2.24) is 30.3 Å². The molecule has 2 aromatic carbocycles. The van der Waals surface area contributed by atoms with Gasteiger partial charge in [-0.25, -0.2) is 9.78 Å². The SMILES string of the molecule is CC[C@H](C)[C@@H]([C@@H](CC(=O)N1CCC[C@H]1[C@H](OC)[C@@H](C)C(=O)N[C@@H](Cc1ccccc1)c1nccs1)OC)N(C)C(=O)[C@@H](NC(=O)[C@H](C(C)C)N(C)C(=O)OCc1ccc(C)cc1)C(C)C. The average Bonchev–Trinajstić information content (AvgIpc) is 4.01. The molecule has 5 amide bonds. The monoisotopic (exact) mass is 919 g/mol. The first kappa shape index (κ1) is 52.8. The van der Waals surface area contributed by atoms with Crippen molar-refractivity contribution >= 4 is 41.1 Å². The van der Waals surface area contributed by atoms with Crippen molar-refractivity contribution in [3.63, 3.8) is 0 Å². The van der Waals surface area contributed by atoms with E-state index in [-0.39, 0.29) is 60.6 Å². The van der Waals surface area contributed by atoms with E-state index in [4.69, 9.17) is 14.2 Å². The second-order valence-electron chi connectivity index (χ2n) is 18.3. The van der Waals surface area contributed by atoms with Crippen LogP contribution in [0, 0.1) is 30.6 Å². The van der Waals surface area contributed by atoms with Gasteiger partial charge in [-0.1, -0.05) is 115 Å². The molecule has 9 atom stereocenters. The lowest BCUT2D eigenvalue weighted by Crippen LogP contribution is -2.60. The van der Waals surface area contributed by atoms with Gasteiger partial charge in [0.25, 0.3) is 0 Å². The molecule has 2 heterocycles. The van der Waals surface area contributed by atoms with Crippen LogP contribution in [0.1, 0.15) is 102 Å². The molecule has 0 unspecified atom stereocenters. The minimum Gasteiger partial charge on any atom is -0.445 e. The number of likely N-dealkylation sites (tertiary alicyclic amines) is 1. The summed E-state index contributed by atoms with van der Waals surface area (Å²) >= 11 is 1.49. The van der Waals surface area contributed by atoms with Crippen molar-refractivity contribution in [2.45, 2.75) is 137 Å². The zero-order valence-electron chi connectivity index (χ0n) is 40.6. The van der Waals surface area contributed by atoms with Crippen LogP contribution >= 0.6 is 11.3 Å². The first-order valence-electron chi connectivity index (χ1n) is 23.0. The summed E-state index contributed by atoms with van der Waals surface area (Å²) in [7, 11) is 6.36. The highest BCUT2D eigenvalue weighted by Gasteiger charge is 2.44. The predicted molar refractivity (Wildman–Crippen MR) is 254 cm³/mol. The maximum absolute atomic E-state index is 14.6. The van der Waals surface area contributed by atoms with Crippen molar-refractivity contribution in [3.05, 3.63) is 87.9 Å². The van der Waals surface area contributed by atoms with E-state index in [1.165, 1.54) is 23.3 Å². The summed E-state index contributed by atoms with van der Waals surface area (Å²) in [6, 6.07) is 14.6. The number of carbonyl (C=O) groups excluding carboxylic acids is 5. The lowest BCUT2D eigenvalue weighted by Gasteiger charge is -2.41. The molecule has 1 saturated heterocycles. The first-order valence-corrected chi connectivity index (χ1v) is 23.9. The topological polar surface area (TPSA) is 160 Å². The maximum atomic E-state index is 14.6. The molecule has 0 radical (unpaired) electrons. The van der Waals surface area contributed by atoms with Gasteiger partial charge in [0, 0.05) is 46.4 Å². The Kier molecular flexibility index (Phi) is 20.4. The molecule has 0 aliphatic carbocycles. The standard InChI is InChI=1S/C50H74N6O8S/c1-13-34(7)44(54(9)49(60)42(31(2)3)53-47(59)43(32(4)5)55(10)50(61)64-30-37-23-21-33(6)22-24-37)40(62-11)29-41(57)56-26-17-20-39(56)45(63-12)35(8)46(58)52-38(48-51-25-27-65-48)28-36-18-15-14-16-19-36/h14-16,18-19,21-25,27,31-32,34-35,38-40,42-45H,13,17,20,26,28-30H2,1-12H3,(H,52,58)(H,53,59)/t34-,35+,38-,39-,40+,42-,43-,44-,45+/m0/s1. The molecule has 0 spiro atoms. The Bertz CT molecular complexity index is 1960. The van der Waals surface area contributed by atoms with Crippen LogP contribution in [0.25, 0.3) is 0 Å². The number of aryl methyl sites for hydroxylation is 1. The number of benzene rings is 2. The number of methoxy groups -OCH3 is 2. The van der Waals surface area contributed by atoms with Crippen LogP contribution in [-0.4, -0.2) is 121 Å². The lowest BCUT2D eigenvalue weighted by molar-refractivity contribution is -0.148. The van der Waals surface area contributed by atoms with Gasteiger partial charge in [0.2, 0.25) is 23.6 Å². The van der Waals surface area contributed by atoms with Gasteiger partial charge < -0.3 is 34.6 Å². The largest absolute Gasteiger partial charge is 0.445 e. The second-order valence-corrected chi connectivity index (χ2v) is 19.2. The van der Waals surface area contributed by atoms with Crippen LogP contribution in [0.4, 0.5) is 4.79 Å². The Morgan fingerprint density at radius 1 is 0.862 bits per heavy atom. The van der Waals surface area contributed by atoms with Crippen molar-refractivity contribution in [3.8, 4) is 0 Å². The summed E-state index contributed by atoms with van der Waals surface area (Å²) in [5, 5.41) is 8.92. The van der Waals surface area contributed by atoms with Gasteiger partial charge in [0.05, 0.1) is 42.7 Å². The van der Waals surface area contributed by atoms with E-state index in [0.29, 0.717) is 25.8 Å². The molecule has 1 aromatic heterocycles. The van der Waals surface area contributed by atoms with Crippen LogP contribution < -0.4 is 10.6 Å². The van der Waals surface area contributed by atoms with Crippen molar-refractivity contribution in [1.29, 1.82) is 0 Å². The Labute approximate surface area is 391 Å². The molecular formula is C50H74N6O8S. The number of nitrogens with zero attached hydrogens (tertiary/aromatic N) is 4. The summed E-state index contributed by atoms with van der Waals surface area (Å²) in [4.78, 5) is 79.6. The fourth-order valence-electron chi connectivity index (χ4n) is 9.01. The van der Waals surface area contributed by atoms with Crippen molar-refractivity contribution in [2.24, 2.45) is 23.7 Å².